The smallest absolute Gasteiger partial charge is 0.287 e. The van der Waals surface area contributed by atoms with E-state index in [0.29, 0.717) is 36.0 Å². The summed E-state index contributed by atoms with van der Waals surface area (Å²) in [5.74, 6) is 0.0702. The van der Waals surface area contributed by atoms with Crippen LogP contribution in [0.25, 0.3) is 0 Å². The Morgan fingerprint density at radius 1 is 1.19 bits per heavy atom. The van der Waals surface area contributed by atoms with Crippen molar-refractivity contribution < 1.29 is 18.7 Å². The summed E-state index contributed by atoms with van der Waals surface area (Å²) in [5, 5.41) is 3.55. The molecule has 2 aromatic rings. The zero-order chi connectivity index (χ0) is 18.7. The van der Waals surface area contributed by atoms with Crippen molar-refractivity contribution in [3.8, 4) is 5.75 Å². The summed E-state index contributed by atoms with van der Waals surface area (Å²) < 4.78 is 10.3. The van der Waals surface area contributed by atoms with Gasteiger partial charge in [0.1, 0.15) is 5.56 Å². The van der Waals surface area contributed by atoms with Crippen molar-refractivity contribution >= 4 is 35.0 Å². The lowest BCUT2D eigenvalue weighted by Gasteiger charge is -2.32. The molecule has 26 heavy (non-hydrogen) atoms. The molecule has 1 aromatic carbocycles. The van der Waals surface area contributed by atoms with Crippen molar-refractivity contribution in [2.75, 3.05) is 20.2 Å². The minimum absolute atomic E-state index is 0.0200. The summed E-state index contributed by atoms with van der Waals surface area (Å²) in [6.07, 6.45) is 2.73. The summed E-state index contributed by atoms with van der Waals surface area (Å²) in [6.45, 7) is 0.988. The van der Waals surface area contributed by atoms with E-state index in [1.54, 1.807) is 29.2 Å². The highest BCUT2D eigenvalue weighted by molar-refractivity contribution is 6.37. The maximum Gasteiger partial charge on any atom is 0.287 e. The van der Waals surface area contributed by atoms with Crippen LogP contribution in [0.15, 0.2) is 34.9 Å². The number of furan rings is 1. The van der Waals surface area contributed by atoms with Crippen molar-refractivity contribution in [2.45, 2.75) is 18.9 Å². The Kier molecular flexibility index (Phi) is 5.74. The molecule has 8 heteroatoms. The maximum atomic E-state index is 12.9. The summed E-state index contributed by atoms with van der Waals surface area (Å²) >= 11 is 12.3. The first-order chi connectivity index (χ1) is 12.5. The third kappa shape index (κ3) is 3.81. The van der Waals surface area contributed by atoms with Crippen LogP contribution in [0.1, 0.15) is 33.8 Å². The molecule has 1 aliphatic rings. The van der Waals surface area contributed by atoms with Gasteiger partial charge in [0, 0.05) is 19.1 Å². The molecule has 0 spiro atoms. The molecule has 0 saturated carbocycles. The van der Waals surface area contributed by atoms with Crippen LogP contribution in [0, 0.1) is 0 Å². The Hall–Kier alpha value is -2.18. The van der Waals surface area contributed by atoms with Gasteiger partial charge in [0.05, 0.1) is 23.4 Å². The third-order valence-electron chi connectivity index (χ3n) is 4.34. The molecule has 1 saturated heterocycles. The highest BCUT2D eigenvalue weighted by Gasteiger charge is 2.29. The Morgan fingerprint density at radius 3 is 2.50 bits per heavy atom. The van der Waals surface area contributed by atoms with Crippen molar-refractivity contribution in [1.82, 2.24) is 10.2 Å². The Balaban J connectivity index is 1.64. The monoisotopic (exact) mass is 396 g/mol. The highest BCUT2D eigenvalue weighted by Crippen LogP contribution is 2.35. The normalized spacial score (nSPS) is 15.0. The largest absolute Gasteiger partial charge is 0.494 e. The summed E-state index contributed by atoms with van der Waals surface area (Å²) in [5.41, 5.74) is 0.264. The molecule has 1 N–H and O–H groups in total. The lowest BCUT2D eigenvalue weighted by atomic mass is 10.0. The van der Waals surface area contributed by atoms with E-state index in [1.165, 1.54) is 13.4 Å². The van der Waals surface area contributed by atoms with E-state index in [4.69, 9.17) is 32.4 Å². The Morgan fingerprint density at radius 2 is 1.88 bits per heavy atom. The van der Waals surface area contributed by atoms with Gasteiger partial charge in [0.15, 0.2) is 11.5 Å². The van der Waals surface area contributed by atoms with Gasteiger partial charge in [-0.15, -0.1) is 0 Å². The molecule has 0 bridgehead atoms. The minimum Gasteiger partial charge on any atom is -0.494 e. The van der Waals surface area contributed by atoms with E-state index in [1.807, 2.05) is 0 Å². The van der Waals surface area contributed by atoms with Crippen molar-refractivity contribution in [2.24, 2.45) is 0 Å². The van der Waals surface area contributed by atoms with Gasteiger partial charge >= 0.3 is 0 Å². The van der Waals surface area contributed by atoms with Gasteiger partial charge < -0.3 is 19.4 Å². The van der Waals surface area contributed by atoms with E-state index in [9.17, 15) is 9.59 Å². The fourth-order valence-electron chi connectivity index (χ4n) is 2.98. The molecular formula is C18H18Cl2N2O4. The molecule has 0 aliphatic carbocycles. The van der Waals surface area contributed by atoms with Crippen LogP contribution in [0.2, 0.25) is 10.0 Å². The quantitative estimate of drug-likeness (QED) is 0.856. The zero-order valence-electron chi connectivity index (χ0n) is 14.1. The standard InChI is InChI=1S/C18H18Cl2N2O4/c1-25-16-13(20)5-4-12(19)15(16)18(24)22-8-6-11(7-9-22)21-17(23)14-3-2-10-26-14/h2-5,10-11H,6-9H2,1H3,(H,21,23). The van der Waals surface area contributed by atoms with Gasteiger partial charge in [-0.05, 0) is 37.1 Å². The number of amides is 2. The number of piperidine rings is 1. The number of nitrogens with zero attached hydrogens (tertiary/aromatic N) is 1. The number of carbonyl (C=O) groups excluding carboxylic acids is 2. The van der Waals surface area contributed by atoms with Gasteiger partial charge in [-0.1, -0.05) is 23.2 Å². The summed E-state index contributed by atoms with van der Waals surface area (Å²) in [6, 6.07) is 6.43. The number of carbonyl (C=O) groups is 2. The Bertz CT molecular complexity index is 800. The van der Waals surface area contributed by atoms with E-state index in [-0.39, 0.29) is 34.9 Å². The van der Waals surface area contributed by atoms with Crippen LogP contribution in [0.3, 0.4) is 0 Å². The number of methoxy groups -OCH3 is 1. The fourth-order valence-corrected chi connectivity index (χ4v) is 3.45. The van der Waals surface area contributed by atoms with Crippen LogP contribution in [0.4, 0.5) is 0 Å². The first kappa shape index (κ1) is 18.6. The molecule has 1 aromatic heterocycles. The lowest BCUT2D eigenvalue weighted by molar-refractivity contribution is 0.0693. The molecule has 3 rings (SSSR count). The van der Waals surface area contributed by atoms with Crippen LogP contribution in [-0.2, 0) is 0 Å². The molecule has 6 nitrogen and oxygen atoms in total. The van der Waals surface area contributed by atoms with Gasteiger partial charge in [-0.25, -0.2) is 0 Å². The number of nitrogens with one attached hydrogen (secondary N) is 1. The molecule has 2 heterocycles. The number of hydrogen-bond acceptors (Lipinski definition) is 4. The number of likely N-dealkylation sites (tertiary alicyclic amines) is 1. The first-order valence-corrected chi connectivity index (χ1v) is 8.92. The van der Waals surface area contributed by atoms with E-state index in [0.717, 1.165) is 0 Å². The van der Waals surface area contributed by atoms with Crippen LogP contribution in [0.5, 0.6) is 5.75 Å². The van der Waals surface area contributed by atoms with Gasteiger partial charge in [-0.3, -0.25) is 9.59 Å². The fraction of sp³-hybridized carbons (Fsp3) is 0.333. The molecule has 1 aliphatic heterocycles. The average molecular weight is 397 g/mol. The van der Waals surface area contributed by atoms with Crippen LogP contribution < -0.4 is 10.1 Å². The third-order valence-corrected chi connectivity index (χ3v) is 4.95. The predicted molar refractivity (Wildman–Crippen MR) is 98.1 cm³/mol. The van der Waals surface area contributed by atoms with Gasteiger partial charge in [0.25, 0.3) is 11.8 Å². The number of benzene rings is 1. The molecule has 0 unspecified atom stereocenters. The second kappa shape index (κ2) is 8.01. The van der Waals surface area contributed by atoms with Crippen molar-refractivity contribution in [3.63, 3.8) is 0 Å². The second-order valence-corrected chi connectivity index (χ2v) is 6.77. The maximum absolute atomic E-state index is 12.9. The van der Waals surface area contributed by atoms with Gasteiger partial charge in [0.2, 0.25) is 0 Å². The lowest BCUT2D eigenvalue weighted by Crippen LogP contribution is -2.46. The topological polar surface area (TPSA) is 71.8 Å². The number of ether oxygens (including phenoxy) is 1. The molecule has 0 atom stereocenters. The number of halogens is 2. The van der Waals surface area contributed by atoms with E-state index >= 15 is 0 Å². The molecule has 1 fully saturated rings. The summed E-state index contributed by atoms with van der Waals surface area (Å²) in [4.78, 5) is 26.6. The van der Waals surface area contributed by atoms with Crippen LogP contribution in [-0.4, -0.2) is 43.0 Å². The SMILES string of the molecule is COc1c(Cl)ccc(Cl)c1C(=O)N1CCC(NC(=O)c2ccco2)CC1. The number of rotatable bonds is 4. The zero-order valence-corrected chi connectivity index (χ0v) is 15.6. The van der Waals surface area contributed by atoms with E-state index in [2.05, 4.69) is 5.32 Å². The molecule has 138 valence electrons. The summed E-state index contributed by atoms with van der Waals surface area (Å²) in [7, 11) is 1.45. The highest BCUT2D eigenvalue weighted by atomic mass is 35.5. The minimum atomic E-state index is -0.251. The molecule has 0 radical (unpaired) electrons. The second-order valence-electron chi connectivity index (χ2n) is 5.95. The van der Waals surface area contributed by atoms with E-state index < -0.39 is 0 Å². The van der Waals surface area contributed by atoms with Crippen LogP contribution >= 0.6 is 23.2 Å². The number of hydrogen-bond donors (Lipinski definition) is 1. The Labute approximate surface area is 161 Å². The first-order valence-electron chi connectivity index (χ1n) is 8.17. The van der Waals surface area contributed by atoms with Crippen molar-refractivity contribution in [3.05, 3.63) is 51.9 Å². The van der Waals surface area contributed by atoms with Gasteiger partial charge in [-0.2, -0.15) is 0 Å². The predicted octanol–water partition coefficient (Wildman–Crippen LogP) is 3.63. The van der Waals surface area contributed by atoms with Crippen molar-refractivity contribution in [1.29, 1.82) is 0 Å². The average Bonchev–Trinajstić information content (AvgIpc) is 3.18. The molecular weight excluding hydrogens is 379 g/mol. The molecule has 2 amide bonds.